The van der Waals surface area contributed by atoms with Crippen LogP contribution in [0.25, 0.3) is 10.9 Å². The van der Waals surface area contributed by atoms with Crippen molar-refractivity contribution in [3.8, 4) is 0 Å². The molecular weight excluding hydrogens is 244 g/mol. The second-order valence-corrected chi connectivity index (χ2v) is 4.87. The monoisotopic (exact) mass is 260 g/mol. The summed E-state index contributed by atoms with van der Waals surface area (Å²) < 4.78 is 0. The van der Waals surface area contributed by atoms with Crippen molar-refractivity contribution < 1.29 is 4.79 Å². The maximum absolute atomic E-state index is 11.8. The Morgan fingerprint density at radius 1 is 1.42 bits per heavy atom. The molecule has 100 valence electrons. The van der Waals surface area contributed by atoms with E-state index in [1.165, 1.54) is 0 Å². The van der Waals surface area contributed by atoms with Crippen LogP contribution in [0, 0.1) is 0 Å². The molecule has 1 amide bonds. The highest BCUT2D eigenvalue weighted by Gasteiger charge is 2.24. The number of carbonyl (C=O) groups is 1. The molecule has 0 saturated carbocycles. The largest absolute Gasteiger partial charge is 0.368 e. The van der Waals surface area contributed by atoms with Crippen LogP contribution >= 0.6 is 0 Å². The molecule has 1 aromatic carbocycles. The zero-order valence-electron chi connectivity index (χ0n) is 10.9. The number of para-hydroxylation sites is 1. The normalized spacial score (nSPS) is 11.7. The maximum Gasteiger partial charge on any atom is 0.258 e. The van der Waals surface area contributed by atoms with Crippen LogP contribution in [0.2, 0.25) is 0 Å². The summed E-state index contributed by atoms with van der Waals surface area (Å²) in [4.78, 5) is 30.0. The van der Waals surface area contributed by atoms with Crippen LogP contribution < -0.4 is 16.6 Å². The van der Waals surface area contributed by atoms with Gasteiger partial charge in [-0.25, -0.2) is 4.98 Å². The molecule has 4 N–H and O–H groups in total. The molecule has 6 heteroatoms. The van der Waals surface area contributed by atoms with Crippen LogP contribution in [0.15, 0.2) is 29.1 Å². The number of nitrogens with two attached hydrogens (primary N) is 1. The molecule has 0 saturated heterocycles. The smallest absolute Gasteiger partial charge is 0.258 e. The Kier molecular flexibility index (Phi) is 3.35. The molecule has 0 spiro atoms. The molecule has 1 heterocycles. The first kappa shape index (κ1) is 13.2. The molecule has 19 heavy (non-hydrogen) atoms. The Morgan fingerprint density at radius 3 is 2.79 bits per heavy atom. The van der Waals surface area contributed by atoms with Gasteiger partial charge in [-0.15, -0.1) is 0 Å². The summed E-state index contributed by atoms with van der Waals surface area (Å²) in [5.74, 6) is 0.00802. The SMILES string of the molecule is CC(C)(NCc1nc2ccccc2c(=O)[nH]1)C(N)=O. The first-order valence-corrected chi connectivity index (χ1v) is 5.93. The van der Waals surface area contributed by atoms with Crippen molar-refractivity contribution in [2.75, 3.05) is 0 Å². The average Bonchev–Trinajstić information content (AvgIpc) is 2.36. The minimum Gasteiger partial charge on any atom is -0.368 e. The molecule has 0 aliphatic rings. The number of aromatic amines is 1. The average molecular weight is 260 g/mol. The summed E-state index contributed by atoms with van der Waals surface area (Å²) in [6, 6.07) is 7.09. The number of nitrogens with zero attached hydrogens (tertiary/aromatic N) is 1. The van der Waals surface area contributed by atoms with Crippen LogP contribution in [-0.4, -0.2) is 21.4 Å². The minimum atomic E-state index is -0.857. The van der Waals surface area contributed by atoms with Gasteiger partial charge in [-0.1, -0.05) is 12.1 Å². The number of H-pyrrole nitrogens is 1. The Labute approximate surface area is 110 Å². The van der Waals surface area contributed by atoms with Crippen molar-refractivity contribution in [3.63, 3.8) is 0 Å². The molecule has 0 fully saturated rings. The number of hydrogen-bond acceptors (Lipinski definition) is 4. The quantitative estimate of drug-likeness (QED) is 0.734. The van der Waals surface area contributed by atoms with Gasteiger partial charge in [0.25, 0.3) is 5.56 Å². The predicted molar refractivity (Wildman–Crippen MR) is 72.5 cm³/mol. The van der Waals surface area contributed by atoms with Crippen LogP contribution in [-0.2, 0) is 11.3 Å². The van der Waals surface area contributed by atoms with Crippen molar-refractivity contribution in [2.24, 2.45) is 5.73 Å². The number of amides is 1. The first-order valence-electron chi connectivity index (χ1n) is 5.93. The van der Waals surface area contributed by atoms with Gasteiger partial charge >= 0.3 is 0 Å². The molecule has 1 aromatic heterocycles. The summed E-state index contributed by atoms with van der Waals surface area (Å²) in [7, 11) is 0. The maximum atomic E-state index is 11.8. The zero-order chi connectivity index (χ0) is 14.0. The molecule has 0 bridgehead atoms. The fraction of sp³-hybridized carbons (Fsp3) is 0.308. The van der Waals surface area contributed by atoms with E-state index < -0.39 is 11.4 Å². The van der Waals surface area contributed by atoms with Crippen molar-refractivity contribution in [2.45, 2.75) is 25.9 Å². The van der Waals surface area contributed by atoms with E-state index in [0.29, 0.717) is 16.7 Å². The van der Waals surface area contributed by atoms with E-state index in [1.54, 1.807) is 32.0 Å². The first-order chi connectivity index (χ1) is 8.90. The summed E-state index contributed by atoms with van der Waals surface area (Å²) in [5, 5.41) is 3.50. The van der Waals surface area contributed by atoms with Gasteiger partial charge < -0.3 is 10.7 Å². The lowest BCUT2D eigenvalue weighted by atomic mass is 10.1. The third-order valence-electron chi connectivity index (χ3n) is 2.98. The summed E-state index contributed by atoms with van der Waals surface area (Å²) in [6.07, 6.45) is 0. The number of fused-ring (bicyclic) bond motifs is 1. The van der Waals surface area contributed by atoms with Gasteiger partial charge in [0.1, 0.15) is 5.82 Å². The summed E-state index contributed by atoms with van der Waals surface area (Å²) >= 11 is 0. The fourth-order valence-corrected chi connectivity index (χ4v) is 1.61. The van der Waals surface area contributed by atoms with Crippen LogP contribution in [0.3, 0.4) is 0 Å². The zero-order valence-corrected chi connectivity index (χ0v) is 10.9. The Hall–Kier alpha value is -2.21. The second kappa shape index (κ2) is 4.81. The van der Waals surface area contributed by atoms with E-state index in [0.717, 1.165) is 0 Å². The molecular formula is C13H16N4O2. The van der Waals surface area contributed by atoms with Gasteiger partial charge in [0.05, 0.1) is 23.0 Å². The van der Waals surface area contributed by atoms with Gasteiger partial charge in [0, 0.05) is 0 Å². The molecule has 2 aromatic rings. The third-order valence-corrected chi connectivity index (χ3v) is 2.98. The highest BCUT2D eigenvalue weighted by atomic mass is 16.1. The van der Waals surface area contributed by atoms with Crippen LogP contribution in [0.5, 0.6) is 0 Å². The lowest BCUT2D eigenvalue weighted by Crippen LogP contribution is -2.50. The predicted octanol–water partition coefficient (Wildman–Crippen LogP) is 0.277. The Bertz CT molecular complexity index is 676. The second-order valence-electron chi connectivity index (χ2n) is 4.87. The lowest BCUT2D eigenvalue weighted by molar-refractivity contribution is -0.123. The van der Waals surface area contributed by atoms with Crippen molar-refractivity contribution in [1.82, 2.24) is 15.3 Å². The fourth-order valence-electron chi connectivity index (χ4n) is 1.61. The number of hydrogen-bond donors (Lipinski definition) is 3. The Morgan fingerprint density at radius 2 is 2.11 bits per heavy atom. The van der Waals surface area contributed by atoms with Crippen LogP contribution in [0.1, 0.15) is 19.7 Å². The summed E-state index contributed by atoms with van der Waals surface area (Å²) in [5.41, 5.74) is 4.83. The topological polar surface area (TPSA) is 101 Å². The van der Waals surface area contributed by atoms with E-state index >= 15 is 0 Å². The molecule has 2 rings (SSSR count). The van der Waals surface area contributed by atoms with E-state index in [4.69, 9.17) is 5.73 Å². The molecule has 6 nitrogen and oxygen atoms in total. The number of aromatic nitrogens is 2. The molecule has 0 atom stereocenters. The van der Waals surface area contributed by atoms with E-state index in [-0.39, 0.29) is 12.1 Å². The molecule has 0 radical (unpaired) electrons. The third kappa shape index (κ3) is 2.79. The molecule has 0 unspecified atom stereocenters. The van der Waals surface area contributed by atoms with E-state index in [9.17, 15) is 9.59 Å². The van der Waals surface area contributed by atoms with Crippen molar-refractivity contribution in [1.29, 1.82) is 0 Å². The lowest BCUT2D eigenvalue weighted by Gasteiger charge is -2.21. The van der Waals surface area contributed by atoms with Gasteiger partial charge in [-0.05, 0) is 26.0 Å². The number of benzene rings is 1. The molecule has 0 aliphatic heterocycles. The molecule has 0 aliphatic carbocycles. The number of primary amides is 1. The minimum absolute atomic E-state index is 0.195. The van der Waals surface area contributed by atoms with Gasteiger partial charge in [0.2, 0.25) is 5.91 Å². The highest BCUT2D eigenvalue weighted by Crippen LogP contribution is 2.06. The summed E-state index contributed by atoms with van der Waals surface area (Å²) in [6.45, 7) is 3.61. The van der Waals surface area contributed by atoms with Crippen LogP contribution in [0.4, 0.5) is 0 Å². The number of rotatable bonds is 4. The van der Waals surface area contributed by atoms with E-state index in [1.807, 2.05) is 6.07 Å². The van der Waals surface area contributed by atoms with Crippen molar-refractivity contribution in [3.05, 3.63) is 40.4 Å². The Balaban J connectivity index is 2.27. The number of carbonyl (C=O) groups excluding carboxylic acids is 1. The van der Waals surface area contributed by atoms with Gasteiger partial charge in [0.15, 0.2) is 0 Å². The van der Waals surface area contributed by atoms with E-state index in [2.05, 4.69) is 15.3 Å². The van der Waals surface area contributed by atoms with Gasteiger partial charge in [-0.3, -0.25) is 14.9 Å². The van der Waals surface area contributed by atoms with Crippen molar-refractivity contribution >= 4 is 16.8 Å². The van der Waals surface area contributed by atoms with Gasteiger partial charge in [-0.2, -0.15) is 0 Å². The number of nitrogens with one attached hydrogen (secondary N) is 2. The standard InChI is InChI=1S/C13H16N4O2/c1-13(2,12(14)19)15-7-10-16-9-6-4-3-5-8(9)11(18)17-10/h3-6,15H,7H2,1-2H3,(H2,14,19)(H,16,17,18). The highest BCUT2D eigenvalue weighted by molar-refractivity contribution is 5.83.